The topological polar surface area (TPSA) is 92.5 Å². The van der Waals surface area contributed by atoms with Crippen LogP contribution < -0.4 is 11.1 Å². The summed E-state index contributed by atoms with van der Waals surface area (Å²) in [6, 6.07) is 6.48. The Kier molecular flexibility index (Phi) is 6.12. The number of hydrogen-bond acceptors (Lipinski definition) is 4. The quantitative estimate of drug-likeness (QED) is 0.757. The molecule has 20 heavy (non-hydrogen) atoms. The predicted molar refractivity (Wildman–Crippen MR) is 77.4 cm³/mol. The Morgan fingerprint density at radius 3 is 2.65 bits per heavy atom. The fraction of sp³-hybridized carbons (Fsp3) is 0.462. The van der Waals surface area contributed by atoms with Gasteiger partial charge in [0, 0.05) is 20.1 Å². The van der Waals surface area contributed by atoms with E-state index >= 15 is 0 Å². The molecule has 7 heteroatoms. The fourth-order valence-corrected chi connectivity index (χ4v) is 3.31. The summed E-state index contributed by atoms with van der Waals surface area (Å²) in [6.07, 6.45) is 0.632. The molecule has 1 rings (SSSR count). The lowest BCUT2D eigenvalue weighted by Gasteiger charge is -2.21. The van der Waals surface area contributed by atoms with Gasteiger partial charge in [-0.3, -0.25) is 4.79 Å². The Bertz CT molecular complexity index is 558. The molecular weight excluding hydrogens is 278 g/mol. The minimum atomic E-state index is -3.68. The molecule has 0 unspecified atom stereocenters. The summed E-state index contributed by atoms with van der Waals surface area (Å²) in [4.78, 5) is 11.6. The van der Waals surface area contributed by atoms with Crippen molar-refractivity contribution < 1.29 is 13.2 Å². The van der Waals surface area contributed by atoms with E-state index < -0.39 is 10.0 Å². The van der Waals surface area contributed by atoms with Gasteiger partial charge in [-0.1, -0.05) is 19.1 Å². The van der Waals surface area contributed by atoms with E-state index in [-0.39, 0.29) is 23.9 Å². The van der Waals surface area contributed by atoms with E-state index in [1.165, 1.54) is 17.4 Å². The molecule has 0 spiro atoms. The highest BCUT2D eigenvalue weighted by molar-refractivity contribution is 7.89. The van der Waals surface area contributed by atoms with Crippen molar-refractivity contribution in [3.8, 4) is 0 Å². The number of carbonyl (C=O) groups excluding carboxylic acids is 1. The van der Waals surface area contributed by atoms with Gasteiger partial charge < -0.3 is 11.1 Å². The smallest absolute Gasteiger partial charge is 0.243 e. The van der Waals surface area contributed by atoms with Gasteiger partial charge in [-0.15, -0.1) is 0 Å². The average Bonchev–Trinajstić information content (AvgIpc) is 2.46. The average molecular weight is 299 g/mol. The Morgan fingerprint density at radius 1 is 1.40 bits per heavy atom. The molecule has 0 fully saturated rings. The first kappa shape index (κ1) is 16.6. The Morgan fingerprint density at radius 2 is 2.10 bits per heavy atom. The van der Waals surface area contributed by atoms with Crippen molar-refractivity contribution in [3.05, 3.63) is 29.8 Å². The molecule has 3 N–H and O–H groups in total. The van der Waals surface area contributed by atoms with Crippen LogP contribution in [0.1, 0.15) is 18.9 Å². The molecule has 0 saturated heterocycles. The molecule has 112 valence electrons. The van der Waals surface area contributed by atoms with Crippen molar-refractivity contribution in [3.63, 3.8) is 0 Å². The highest BCUT2D eigenvalue weighted by Gasteiger charge is 2.25. The van der Waals surface area contributed by atoms with Crippen LogP contribution in [0.5, 0.6) is 0 Å². The van der Waals surface area contributed by atoms with Crippen LogP contribution in [0.4, 0.5) is 0 Å². The largest absolute Gasteiger partial charge is 0.358 e. The lowest BCUT2D eigenvalue weighted by Crippen LogP contribution is -2.40. The van der Waals surface area contributed by atoms with E-state index in [1.807, 2.05) is 6.92 Å². The first-order valence-electron chi connectivity index (χ1n) is 6.45. The standard InChI is InChI=1S/C13H21N3O3S/c1-3-7-16(10-13(17)15-2)20(18,19)12-6-4-5-11(8-12)9-14/h4-6,8H,3,7,9-10,14H2,1-2H3,(H,15,17). The van der Waals surface area contributed by atoms with Crippen molar-refractivity contribution in [1.29, 1.82) is 0 Å². The molecule has 0 bridgehead atoms. The minimum absolute atomic E-state index is 0.165. The fourth-order valence-electron chi connectivity index (χ4n) is 1.75. The van der Waals surface area contributed by atoms with E-state index in [9.17, 15) is 13.2 Å². The molecule has 0 atom stereocenters. The maximum Gasteiger partial charge on any atom is 0.243 e. The summed E-state index contributed by atoms with van der Waals surface area (Å²) >= 11 is 0. The molecule has 1 amide bonds. The molecule has 1 aromatic carbocycles. The molecule has 6 nitrogen and oxygen atoms in total. The summed E-state index contributed by atoms with van der Waals surface area (Å²) in [7, 11) is -2.20. The third kappa shape index (κ3) is 4.03. The number of sulfonamides is 1. The van der Waals surface area contributed by atoms with Crippen molar-refractivity contribution in [2.45, 2.75) is 24.8 Å². The van der Waals surface area contributed by atoms with E-state index in [1.54, 1.807) is 18.2 Å². The molecule has 0 aliphatic carbocycles. The van der Waals surface area contributed by atoms with Gasteiger partial charge >= 0.3 is 0 Å². The lowest BCUT2D eigenvalue weighted by atomic mass is 10.2. The van der Waals surface area contributed by atoms with Crippen molar-refractivity contribution >= 4 is 15.9 Å². The van der Waals surface area contributed by atoms with Gasteiger partial charge in [0.2, 0.25) is 15.9 Å². The number of benzene rings is 1. The summed E-state index contributed by atoms with van der Waals surface area (Å²) in [5.41, 5.74) is 6.26. The summed E-state index contributed by atoms with van der Waals surface area (Å²) in [5.74, 6) is -0.336. The van der Waals surface area contributed by atoms with Gasteiger partial charge in [-0.05, 0) is 24.1 Å². The van der Waals surface area contributed by atoms with Crippen LogP contribution in [-0.2, 0) is 21.4 Å². The molecule has 0 aliphatic rings. The zero-order chi connectivity index (χ0) is 15.2. The number of nitrogens with two attached hydrogens (primary N) is 1. The first-order chi connectivity index (χ1) is 9.45. The third-order valence-corrected chi connectivity index (χ3v) is 4.68. The zero-order valence-corrected chi connectivity index (χ0v) is 12.6. The molecule has 0 radical (unpaired) electrons. The maximum absolute atomic E-state index is 12.5. The first-order valence-corrected chi connectivity index (χ1v) is 7.89. The van der Waals surface area contributed by atoms with Gasteiger partial charge in [0.15, 0.2) is 0 Å². The predicted octanol–water partition coefficient (Wildman–Crippen LogP) is 0.292. The summed E-state index contributed by atoms with van der Waals surface area (Å²) in [6.45, 7) is 2.25. The Balaban J connectivity index is 3.11. The second-order valence-electron chi connectivity index (χ2n) is 4.36. The number of likely N-dealkylation sites (N-methyl/N-ethyl adjacent to an activating group) is 1. The normalized spacial score (nSPS) is 11.6. The number of carbonyl (C=O) groups is 1. The highest BCUT2D eigenvalue weighted by Crippen LogP contribution is 2.17. The molecule has 0 aliphatic heterocycles. The van der Waals surface area contributed by atoms with Crippen LogP contribution in [0.15, 0.2) is 29.2 Å². The number of hydrogen-bond donors (Lipinski definition) is 2. The van der Waals surface area contributed by atoms with Gasteiger partial charge in [0.1, 0.15) is 0 Å². The molecule has 0 saturated carbocycles. The molecule has 0 aromatic heterocycles. The van der Waals surface area contributed by atoms with E-state index in [0.717, 1.165) is 5.56 Å². The summed E-state index contributed by atoms with van der Waals surface area (Å²) in [5, 5.41) is 2.43. The number of nitrogens with zero attached hydrogens (tertiary/aromatic N) is 1. The molecule has 0 heterocycles. The van der Waals surface area contributed by atoms with Gasteiger partial charge in [-0.2, -0.15) is 4.31 Å². The van der Waals surface area contributed by atoms with Crippen molar-refractivity contribution in [2.24, 2.45) is 5.73 Å². The second-order valence-corrected chi connectivity index (χ2v) is 6.30. The van der Waals surface area contributed by atoms with E-state index in [0.29, 0.717) is 13.0 Å². The Labute approximate surface area is 120 Å². The number of rotatable bonds is 7. The number of nitrogens with one attached hydrogen (secondary N) is 1. The zero-order valence-electron chi connectivity index (χ0n) is 11.8. The monoisotopic (exact) mass is 299 g/mol. The van der Waals surface area contributed by atoms with Gasteiger partial charge in [-0.25, -0.2) is 8.42 Å². The molecular formula is C13H21N3O3S. The summed E-state index contributed by atoms with van der Waals surface area (Å²) < 4.78 is 26.3. The highest BCUT2D eigenvalue weighted by atomic mass is 32.2. The van der Waals surface area contributed by atoms with Crippen molar-refractivity contribution in [2.75, 3.05) is 20.1 Å². The van der Waals surface area contributed by atoms with Crippen LogP contribution >= 0.6 is 0 Å². The SMILES string of the molecule is CCCN(CC(=O)NC)S(=O)(=O)c1cccc(CN)c1. The Hall–Kier alpha value is -1.44. The van der Waals surface area contributed by atoms with Crippen LogP contribution in [0, 0.1) is 0 Å². The van der Waals surface area contributed by atoms with Crippen LogP contribution in [-0.4, -0.2) is 38.8 Å². The van der Waals surface area contributed by atoms with Gasteiger partial charge in [0.05, 0.1) is 11.4 Å². The van der Waals surface area contributed by atoms with Crippen LogP contribution in [0.3, 0.4) is 0 Å². The lowest BCUT2D eigenvalue weighted by molar-refractivity contribution is -0.120. The van der Waals surface area contributed by atoms with E-state index in [4.69, 9.17) is 5.73 Å². The van der Waals surface area contributed by atoms with Crippen LogP contribution in [0.2, 0.25) is 0 Å². The minimum Gasteiger partial charge on any atom is -0.358 e. The molecule has 1 aromatic rings. The van der Waals surface area contributed by atoms with Gasteiger partial charge in [0.25, 0.3) is 0 Å². The third-order valence-electron chi connectivity index (χ3n) is 2.84. The van der Waals surface area contributed by atoms with E-state index in [2.05, 4.69) is 5.32 Å². The second kappa shape index (κ2) is 7.37. The number of amides is 1. The van der Waals surface area contributed by atoms with Crippen molar-refractivity contribution in [1.82, 2.24) is 9.62 Å². The maximum atomic E-state index is 12.5. The van der Waals surface area contributed by atoms with Crippen LogP contribution in [0.25, 0.3) is 0 Å².